The highest BCUT2D eigenvalue weighted by Gasteiger charge is 2.87. The molecule has 4 aliphatic rings. The molecule has 53 heavy (non-hydrogen) atoms. The van der Waals surface area contributed by atoms with E-state index in [9.17, 15) is 14.7 Å². The summed E-state index contributed by atoms with van der Waals surface area (Å²) in [5, 5.41) is 17.2. The molecule has 3 aliphatic carbocycles. The van der Waals surface area contributed by atoms with Crippen LogP contribution in [0.15, 0.2) is 65.8 Å². The largest absolute Gasteiger partial charge is 0.476 e. The maximum Gasteiger partial charge on any atom is 0.355 e. The number of carboxylic acid groups (broad SMARTS) is 1. The monoisotopic (exact) mass is 733 g/mol. The first-order valence-corrected chi connectivity index (χ1v) is 19.3. The lowest BCUT2D eigenvalue weighted by Crippen LogP contribution is -2.80. The number of aliphatic imine (C=N–C) groups is 1. The number of amides is 1. The number of ether oxygens (including phenoxy) is 1. The van der Waals surface area contributed by atoms with E-state index in [1.807, 2.05) is 67.4 Å². The Balaban J connectivity index is 1.03. The summed E-state index contributed by atoms with van der Waals surface area (Å²) in [5.74, 6) is -0.854. The Kier molecular flexibility index (Phi) is 8.70. The van der Waals surface area contributed by atoms with Gasteiger partial charge in [-0.1, -0.05) is 49.4 Å². The molecule has 4 aromatic rings. The number of allylic oxidation sites excluding steroid dienone is 1. The number of carboxylic acids is 1. The van der Waals surface area contributed by atoms with E-state index >= 15 is 0 Å². The van der Waals surface area contributed by atoms with Crippen LogP contribution in [0, 0.1) is 16.2 Å². The van der Waals surface area contributed by atoms with E-state index in [-0.39, 0.29) is 33.4 Å². The summed E-state index contributed by atoms with van der Waals surface area (Å²) in [4.78, 5) is 42.8. The first-order valence-electron chi connectivity index (χ1n) is 18.5. The number of carbonyl (C=O) groups excluding carboxylic acids is 1. The van der Waals surface area contributed by atoms with E-state index in [4.69, 9.17) is 20.4 Å². The number of carbonyl (C=O) groups is 2. The molecule has 11 nitrogen and oxygen atoms in total. The molecule has 2 aromatic carbocycles. The first-order chi connectivity index (χ1) is 25.5. The lowest BCUT2D eigenvalue weighted by atomic mass is 9.26. The topological polar surface area (TPSA) is 155 Å². The van der Waals surface area contributed by atoms with Gasteiger partial charge in [-0.2, -0.15) is 0 Å². The third kappa shape index (κ3) is 5.40. The smallest absolute Gasteiger partial charge is 0.355 e. The number of nitrogens with one attached hydrogen (secondary N) is 2. The average molecular weight is 734 g/mol. The Morgan fingerprint density at radius 1 is 1.06 bits per heavy atom. The maximum absolute atomic E-state index is 13.6. The maximum atomic E-state index is 13.6. The molecular weight excluding hydrogens is 687 g/mol. The van der Waals surface area contributed by atoms with Crippen LogP contribution in [0.4, 0.5) is 10.9 Å². The fourth-order valence-corrected chi connectivity index (χ4v) is 11.6. The summed E-state index contributed by atoms with van der Waals surface area (Å²) in [7, 11) is 1.94. The molecule has 8 rings (SSSR count). The van der Waals surface area contributed by atoms with Crippen LogP contribution in [0.25, 0.3) is 15.8 Å². The quantitative estimate of drug-likeness (QED) is 0.0939. The number of fused-ring (bicyclic) bond motifs is 2. The van der Waals surface area contributed by atoms with Crippen LogP contribution >= 0.6 is 11.3 Å². The second kappa shape index (κ2) is 13.0. The van der Waals surface area contributed by atoms with Gasteiger partial charge in [0, 0.05) is 60.2 Å². The summed E-state index contributed by atoms with van der Waals surface area (Å²) >= 11 is 1.43. The Labute approximate surface area is 313 Å². The minimum atomic E-state index is -1.14. The lowest BCUT2D eigenvalue weighted by Gasteiger charge is -2.80. The Hall–Kier alpha value is -4.65. The van der Waals surface area contributed by atoms with Crippen LogP contribution in [-0.2, 0) is 17.7 Å². The molecule has 0 saturated heterocycles. The molecule has 0 bridgehead atoms. The second-order valence-corrected chi connectivity index (χ2v) is 16.8. The molecule has 3 saturated carbocycles. The number of hydrogen-bond donors (Lipinski definition) is 4. The van der Waals surface area contributed by atoms with Gasteiger partial charge in [-0.25, -0.2) is 14.8 Å². The van der Waals surface area contributed by atoms with Gasteiger partial charge in [0.05, 0.1) is 22.4 Å². The van der Waals surface area contributed by atoms with E-state index in [1.165, 1.54) is 24.0 Å². The normalized spacial score (nSPS) is 27.5. The van der Waals surface area contributed by atoms with Gasteiger partial charge in [-0.15, -0.1) is 0 Å². The van der Waals surface area contributed by atoms with Gasteiger partial charge >= 0.3 is 5.97 Å². The van der Waals surface area contributed by atoms with E-state index in [0.717, 1.165) is 47.2 Å². The molecule has 4 atom stereocenters. The number of benzene rings is 2. The van der Waals surface area contributed by atoms with Crippen LogP contribution in [0.3, 0.4) is 0 Å². The summed E-state index contributed by atoms with van der Waals surface area (Å²) in [6.07, 6.45) is 6.53. The number of hydrogen-bond acceptors (Lipinski definition) is 10. The van der Waals surface area contributed by atoms with Crippen molar-refractivity contribution in [3.05, 3.63) is 88.7 Å². The summed E-state index contributed by atoms with van der Waals surface area (Å²) in [6, 6.07) is 17.2. The van der Waals surface area contributed by atoms with Crippen molar-refractivity contribution in [3.63, 3.8) is 0 Å². The van der Waals surface area contributed by atoms with Crippen molar-refractivity contribution in [1.29, 1.82) is 0 Å². The molecule has 12 heteroatoms. The Morgan fingerprint density at radius 2 is 1.89 bits per heavy atom. The lowest BCUT2D eigenvalue weighted by molar-refractivity contribution is -0.361. The zero-order valence-electron chi connectivity index (χ0n) is 30.8. The van der Waals surface area contributed by atoms with Gasteiger partial charge in [0.1, 0.15) is 5.82 Å². The minimum absolute atomic E-state index is 0.0614. The number of para-hydroxylation sites is 1. The molecule has 5 N–H and O–H groups in total. The summed E-state index contributed by atoms with van der Waals surface area (Å²) < 4.78 is 7.68. The van der Waals surface area contributed by atoms with Gasteiger partial charge in [-0.05, 0) is 98.4 Å². The van der Waals surface area contributed by atoms with Crippen molar-refractivity contribution in [2.24, 2.45) is 27.0 Å². The number of pyridine rings is 1. The van der Waals surface area contributed by atoms with E-state index < -0.39 is 5.97 Å². The van der Waals surface area contributed by atoms with Crippen LogP contribution in [-0.4, -0.2) is 71.6 Å². The van der Waals surface area contributed by atoms with Crippen LogP contribution in [0.2, 0.25) is 0 Å². The third-order valence-corrected chi connectivity index (χ3v) is 13.9. The van der Waals surface area contributed by atoms with E-state index in [0.29, 0.717) is 66.0 Å². The molecule has 2 aromatic heterocycles. The highest BCUT2D eigenvalue weighted by atomic mass is 32.1. The predicted octanol–water partition coefficient (Wildman–Crippen LogP) is 6.54. The van der Waals surface area contributed by atoms with Gasteiger partial charge in [0.25, 0.3) is 5.91 Å². The molecular formula is C41H47N7O4S. The molecule has 276 valence electrons. The van der Waals surface area contributed by atoms with Crippen molar-refractivity contribution in [2.45, 2.75) is 65.0 Å². The highest BCUT2D eigenvalue weighted by Crippen LogP contribution is 2.88. The summed E-state index contributed by atoms with van der Waals surface area (Å²) in [5.41, 5.74) is 11.3. The Morgan fingerprint density at radius 3 is 2.64 bits per heavy atom. The van der Waals surface area contributed by atoms with Gasteiger partial charge < -0.3 is 25.8 Å². The van der Waals surface area contributed by atoms with E-state index in [2.05, 4.69) is 29.5 Å². The molecule has 4 unspecified atom stereocenters. The number of aromatic carboxylic acids is 1. The summed E-state index contributed by atoms with van der Waals surface area (Å²) in [6.45, 7) is 9.79. The minimum Gasteiger partial charge on any atom is -0.476 e. The predicted molar refractivity (Wildman–Crippen MR) is 210 cm³/mol. The van der Waals surface area contributed by atoms with Crippen molar-refractivity contribution in [1.82, 2.24) is 15.3 Å². The standard InChI is InChI=1S/C41H47N7O4S/c1-25(44-24-41-38(2)15-16-40(41,52-19-17-43-4)23-39(41,3)22-38)29(20-42)27-12-13-33(46-34(27)36(50)51)48-18-14-26-8-7-9-28(30(26)21-48)35(49)47-37-45-31-10-5-6-11-32(31)53-37/h5-13,20,43H,14-19,21-24,42H2,1-4H3,(H,50,51)(H,45,47,49). The first kappa shape index (κ1) is 35.4. The van der Waals surface area contributed by atoms with Crippen molar-refractivity contribution in [2.75, 3.05) is 43.5 Å². The average Bonchev–Trinajstić information content (AvgIpc) is 3.57. The van der Waals surface area contributed by atoms with Crippen molar-refractivity contribution >= 4 is 55.7 Å². The van der Waals surface area contributed by atoms with Crippen molar-refractivity contribution in [3.8, 4) is 0 Å². The fourth-order valence-electron chi connectivity index (χ4n) is 10.8. The van der Waals surface area contributed by atoms with Gasteiger partial charge in [0.2, 0.25) is 0 Å². The van der Waals surface area contributed by atoms with Gasteiger partial charge in [0.15, 0.2) is 10.8 Å². The van der Waals surface area contributed by atoms with Crippen LogP contribution < -0.4 is 21.3 Å². The number of thiazole rings is 1. The fraction of sp³-hybridized carbons (Fsp3) is 0.439. The zero-order chi connectivity index (χ0) is 37.2. The number of nitrogens with zero attached hydrogens (tertiary/aromatic N) is 4. The number of anilines is 2. The number of aromatic nitrogens is 2. The SMILES string of the molecule is CNCCOC12CCC3(C)CC(C)(C1)C32CN=C(C)C(=CN)c1ccc(N2CCc3cccc(C(=O)Nc4nc5ccccc5s4)c3C2)nc1C(=O)O. The second-order valence-electron chi connectivity index (χ2n) is 15.7. The zero-order valence-corrected chi connectivity index (χ0v) is 31.6. The molecule has 1 amide bonds. The molecule has 3 heterocycles. The molecule has 3 fully saturated rings. The highest BCUT2D eigenvalue weighted by molar-refractivity contribution is 7.22. The number of rotatable bonds is 12. The Bertz CT molecular complexity index is 2170. The van der Waals surface area contributed by atoms with Crippen LogP contribution in [0.5, 0.6) is 0 Å². The van der Waals surface area contributed by atoms with Crippen LogP contribution in [0.1, 0.15) is 84.0 Å². The number of likely N-dealkylation sites (N-methyl/N-ethyl adjacent to an activating group) is 1. The van der Waals surface area contributed by atoms with Crippen molar-refractivity contribution < 1.29 is 19.4 Å². The van der Waals surface area contributed by atoms with Gasteiger partial charge in [-0.3, -0.25) is 15.1 Å². The number of nitrogens with two attached hydrogens (primary N) is 1. The third-order valence-electron chi connectivity index (χ3n) is 12.9. The molecule has 1 aliphatic heterocycles. The molecule has 0 radical (unpaired) electrons. The molecule has 0 spiro atoms. The van der Waals surface area contributed by atoms with E-state index in [1.54, 1.807) is 6.07 Å².